The second-order valence-electron chi connectivity index (χ2n) is 7.70. The van der Waals surface area contributed by atoms with Crippen LogP contribution < -0.4 is 4.90 Å². The van der Waals surface area contributed by atoms with Crippen molar-refractivity contribution >= 4 is 33.2 Å². The van der Waals surface area contributed by atoms with Crippen LogP contribution in [0.3, 0.4) is 0 Å². The minimum atomic E-state index is -3.67. The summed E-state index contributed by atoms with van der Waals surface area (Å²) in [5.41, 5.74) is 2.24. The highest BCUT2D eigenvalue weighted by atomic mass is 35.5. The van der Waals surface area contributed by atoms with Gasteiger partial charge in [0.05, 0.1) is 19.5 Å². The molecule has 168 valence electrons. The van der Waals surface area contributed by atoms with Gasteiger partial charge in [-0.1, -0.05) is 17.7 Å². The fraction of sp³-hybridized carbons (Fsp3) is 0.500. The Morgan fingerprint density at radius 3 is 2.55 bits per heavy atom. The zero-order valence-corrected chi connectivity index (χ0v) is 19.0. The highest BCUT2D eigenvalue weighted by Crippen LogP contribution is 2.25. The molecule has 0 unspecified atom stereocenters. The molecule has 1 aromatic heterocycles. The van der Waals surface area contributed by atoms with E-state index in [2.05, 4.69) is 9.88 Å². The topological polar surface area (TPSA) is 88.0 Å². The molecule has 4 rings (SSSR count). The number of benzene rings is 1. The summed E-state index contributed by atoms with van der Waals surface area (Å²) in [6.07, 6.45) is 2.82. The van der Waals surface area contributed by atoms with Gasteiger partial charge in [-0.3, -0.25) is 4.79 Å². The fourth-order valence-corrected chi connectivity index (χ4v) is 5.36. The van der Waals surface area contributed by atoms with Crippen molar-refractivity contribution in [3.63, 3.8) is 0 Å². The van der Waals surface area contributed by atoms with Crippen molar-refractivity contribution in [2.24, 2.45) is 0 Å². The second kappa shape index (κ2) is 9.15. The monoisotopic (exact) mass is 467 g/mol. The lowest BCUT2D eigenvalue weighted by molar-refractivity contribution is -0.132. The first-order valence-corrected chi connectivity index (χ1v) is 12.0. The average Bonchev–Trinajstić information content (AvgIpc) is 3.25. The van der Waals surface area contributed by atoms with E-state index >= 15 is 0 Å². The first kappa shape index (κ1) is 22.1. The van der Waals surface area contributed by atoms with Gasteiger partial charge in [-0.05, 0) is 24.6 Å². The predicted molar refractivity (Wildman–Crippen MR) is 117 cm³/mol. The minimum absolute atomic E-state index is 0.0385. The maximum atomic E-state index is 12.8. The largest absolute Gasteiger partial charge is 0.379 e. The molecule has 9 nitrogen and oxygen atoms in total. The highest BCUT2D eigenvalue weighted by molar-refractivity contribution is 7.89. The first-order valence-electron chi connectivity index (χ1n) is 10.2. The Morgan fingerprint density at radius 2 is 1.84 bits per heavy atom. The van der Waals surface area contributed by atoms with Crippen LogP contribution in [-0.2, 0) is 26.1 Å². The van der Waals surface area contributed by atoms with E-state index in [1.165, 1.54) is 21.4 Å². The van der Waals surface area contributed by atoms with Gasteiger partial charge in [0.25, 0.3) is 10.0 Å². The summed E-state index contributed by atoms with van der Waals surface area (Å²) in [5, 5.41) is 0.658. The van der Waals surface area contributed by atoms with Gasteiger partial charge in [0.15, 0.2) is 5.03 Å². The van der Waals surface area contributed by atoms with Gasteiger partial charge in [0.1, 0.15) is 6.54 Å². The molecule has 0 aliphatic carbocycles. The summed E-state index contributed by atoms with van der Waals surface area (Å²) in [6, 6.07) is 5.83. The van der Waals surface area contributed by atoms with Gasteiger partial charge in [0.2, 0.25) is 5.91 Å². The Labute approximate surface area is 187 Å². The van der Waals surface area contributed by atoms with E-state index in [1.807, 2.05) is 25.1 Å². The van der Waals surface area contributed by atoms with E-state index in [9.17, 15) is 13.2 Å². The molecule has 2 saturated heterocycles. The number of morpholine rings is 1. The summed E-state index contributed by atoms with van der Waals surface area (Å²) in [7, 11) is -3.67. The number of nitrogens with zero attached hydrogens (tertiary/aromatic N) is 5. The SMILES string of the molecule is Cc1ccc(Cl)cc1N1CCN(C(=O)Cn2cnc(S(=O)(=O)N3CCOCC3)c2)CC1. The number of carbonyl (C=O) groups is 1. The van der Waals surface area contributed by atoms with Crippen molar-refractivity contribution in [3.05, 3.63) is 41.3 Å². The fourth-order valence-electron chi connectivity index (χ4n) is 3.85. The first-order chi connectivity index (χ1) is 14.8. The molecule has 0 bridgehead atoms. The molecule has 2 fully saturated rings. The highest BCUT2D eigenvalue weighted by Gasteiger charge is 2.29. The zero-order valence-electron chi connectivity index (χ0n) is 17.4. The van der Waals surface area contributed by atoms with Gasteiger partial charge in [-0.15, -0.1) is 0 Å². The van der Waals surface area contributed by atoms with Gasteiger partial charge in [-0.25, -0.2) is 13.4 Å². The van der Waals surface area contributed by atoms with Crippen molar-refractivity contribution < 1.29 is 17.9 Å². The number of ether oxygens (including phenoxy) is 1. The third kappa shape index (κ3) is 4.87. The molecule has 0 saturated carbocycles. The van der Waals surface area contributed by atoms with E-state index in [0.717, 1.165) is 11.3 Å². The molecule has 2 aliphatic rings. The van der Waals surface area contributed by atoms with Crippen LogP contribution in [0.1, 0.15) is 5.56 Å². The number of anilines is 1. The number of amides is 1. The van der Waals surface area contributed by atoms with Gasteiger partial charge in [0, 0.05) is 56.2 Å². The Bertz CT molecular complexity index is 1040. The summed E-state index contributed by atoms with van der Waals surface area (Å²) < 4.78 is 33.5. The van der Waals surface area contributed by atoms with Gasteiger partial charge >= 0.3 is 0 Å². The van der Waals surface area contributed by atoms with E-state index in [-0.39, 0.29) is 17.5 Å². The molecule has 2 aromatic rings. The van der Waals surface area contributed by atoms with Crippen LogP contribution in [0, 0.1) is 6.92 Å². The number of halogens is 1. The van der Waals surface area contributed by atoms with Crippen molar-refractivity contribution in [3.8, 4) is 0 Å². The maximum Gasteiger partial charge on any atom is 0.262 e. The normalized spacial score (nSPS) is 18.4. The Balaban J connectivity index is 1.35. The summed E-state index contributed by atoms with van der Waals surface area (Å²) in [6.45, 7) is 6.09. The number of hydrogen-bond donors (Lipinski definition) is 0. The number of aryl methyl sites for hydroxylation is 1. The zero-order chi connectivity index (χ0) is 22.0. The van der Waals surface area contributed by atoms with Crippen LogP contribution in [0.5, 0.6) is 0 Å². The molecule has 2 aliphatic heterocycles. The maximum absolute atomic E-state index is 12.8. The number of carbonyl (C=O) groups excluding carboxylic acids is 1. The van der Waals surface area contributed by atoms with Crippen molar-refractivity contribution in [1.29, 1.82) is 0 Å². The lowest BCUT2D eigenvalue weighted by Gasteiger charge is -2.37. The van der Waals surface area contributed by atoms with Crippen LogP contribution in [0.25, 0.3) is 0 Å². The van der Waals surface area contributed by atoms with Crippen molar-refractivity contribution in [2.75, 3.05) is 57.4 Å². The lowest BCUT2D eigenvalue weighted by atomic mass is 10.1. The number of aromatic nitrogens is 2. The van der Waals surface area contributed by atoms with E-state index < -0.39 is 10.0 Å². The summed E-state index contributed by atoms with van der Waals surface area (Å²) >= 11 is 6.14. The molecule has 1 amide bonds. The Hall–Kier alpha value is -2.14. The van der Waals surface area contributed by atoms with Crippen molar-refractivity contribution in [2.45, 2.75) is 18.5 Å². The van der Waals surface area contributed by atoms with E-state index in [4.69, 9.17) is 16.3 Å². The standard InChI is InChI=1S/C20H26ClN5O4S/c1-16-2-3-17(21)12-18(16)24-4-6-25(7-5-24)20(27)14-23-13-19(22-15-23)31(28,29)26-8-10-30-11-9-26/h2-3,12-13,15H,4-11,14H2,1H3. The number of sulfonamides is 1. The van der Waals surface area contributed by atoms with Crippen molar-refractivity contribution in [1.82, 2.24) is 18.8 Å². The van der Waals surface area contributed by atoms with Crippen LogP contribution >= 0.6 is 11.6 Å². The third-order valence-electron chi connectivity index (χ3n) is 5.65. The molecule has 0 atom stereocenters. The number of imidazole rings is 1. The molecular formula is C20H26ClN5O4S. The quantitative estimate of drug-likeness (QED) is 0.657. The molecule has 0 radical (unpaired) electrons. The van der Waals surface area contributed by atoms with Gasteiger partial charge in [-0.2, -0.15) is 4.31 Å². The third-order valence-corrected chi connectivity index (χ3v) is 7.67. The summed E-state index contributed by atoms with van der Waals surface area (Å²) in [5.74, 6) is -0.0600. The van der Waals surface area contributed by atoms with Crippen LogP contribution in [-0.4, -0.2) is 85.6 Å². The predicted octanol–water partition coefficient (Wildman–Crippen LogP) is 1.21. The van der Waals surface area contributed by atoms with E-state index in [0.29, 0.717) is 57.5 Å². The molecule has 0 spiro atoms. The minimum Gasteiger partial charge on any atom is -0.379 e. The lowest BCUT2D eigenvalue weighted by Crippen LogP contribution is -2.49. The Kier molecular flexibility index (Phi) is 6.52. The second-order valence-corrected chi connectivity index (χ2v) is 10.0. The van der Waals surface area contributed by atoms with E-state index in [1.54, 1.807) is 4.90 Å². The molecular weight excluding hydrogens is 442 g/mol. The molecule has 1 aromatic carbocycles. The average molecular weight is 468 g/mol. The van der Waals surface area contributed by atoms with Crippen LogP contribution in [0.4, 0.5) is 5.69 Å². The molecule has 3 heterocycles. The molecule has 11 heteroatoms. The Morgan fingerprint density at radius 1 is 1.13 bits per heavy atom. The summed E-state index contributed by atoms with van der Waals surface area (Å²) in [4.78, 5) is 20.8. The number of rotatable bonds is 5. The number of hydrogen-bond acceptors (Lipinski definition) is 6. The molecule has 31 heavy (non-hydrogen) atoms. The number of piperazine rings is 1. The van der Waals surface area contributed by atoms with Gasteiger partial charge < -0.3 is 19.1 Å². The smallest absolute Gasteiger partial charge is 0.262 e. The molecule has 0 N–H and O–H groups in total. The van der Waals surface area contributed by atoms with Crippen LogP contribution in [0.15, 0.2) is 35.7 Å². The van der Waals surface area contributed by atoms with Crippen LogP contribution in [0.2, 0.25) is 5.02 Å².